The van der Waals surface area contributed by atoms with Gasteiger partial charge in [0, 0.05) is 5.56 Å². The first-order valence-electron chi connectivity index (χ1n) is 10.5. The Morgan fingerprint density at radius 1 is 1.11 bits per heavy atom. The van der Waals surface area contributed by atoms with Crippen LogP contribution in [0.5, 0.6) is 11.5 Å². The second-order valence-electron chi connectivity index (χ2n) is 7.20. The van der Waals surface area contributed by atoms with Crippen molar-refractivity contribution in [2.24, 2.45) is 5.10 Å². The van der Waals surface area contributed by atoms with E-state index in [0.29, 0.717) is 17.1 Å². The molecule has 0 saturated carbocycles. The molecule has 0 bridgehead atoms. The summed E-state index contributed by atoms with van der Waals surface area (Å²) in [6.45, 7) is 0.201. The van der Waals surface area contributed by atoms with Crippen LogP contribution in [0.1, 0.15) is 21.5 Å². The number of aromatic carboxylic acids is 1. The van der Waals surface area contributed by atoms with E-state index in [0.717, 1.165) is 20.1 Å². The molecule has 0 spiro atoms. The number of nitrogens with zero attached hydrogens (tertiary/aromatic N) is 2. The number of hydrazone groups is 1. The number of para-hydroxylation sites is 2. The molecule has 0 aliphatic heterocycles. The number of hydrogen-bond donors (Lipinski definition) is 2. The van der Waals surface area contributed by atoms with Gasteiger partial charge in [0.15, 0.2) is 15.8 Å². The number of thioether (sulfide) groups is 1. The number of thiazole rings is 1. The topological polar surface area (TPSA) is 110 Å². The van der Waals surface area contributed by atoms with Crippen molar-refractivity contribution < 1.29 is 24.2 Å². The van der Waals surface area contributed by atoms with E-state index in [4.69, 9.17) is 14.6 Å². The molecule has 4 rings (SSSR count). The van der Waals surface area contributed by atoms with E-state index in [1.165, 1.54) is 37.2 Å². The summed E-state index contributed by atoms with van der Waals surface area (Å²) in [7, 11) is 1.53. The van der Waals surface area contributed by atoms with Crippen molar-refractivity contribution in [3.05, 3.63) is 83.4 Å². The summed E-state index contributed by atoms with van der Waals surface area (Å²) in [4.78, 5) is 27.8. The number of methoxy groups -OCH3 is 1. The summed E-state index contributed by atoms with van der Waals surface area (Å²) in [6, 6.07) is 19.6. The van der Waals surface area contributed by atoms with Crippen molar-refractivity contribution in [1.82, 2.24) is 10.4 Å². The molecule has 0 fully saturated rings. The lowest BCUT2D eigenvalue weighted by molar-refractivity contribution is -0.118. The third-order valence-corrected chi connectivity index (χ3v) is 6.99. The first-order valence-corrected chi connectivity index (χ1v) is 12.3. The highest BCUT2D eigenvalue weighted by Crippen LogP contribution is 2.31. The molecule has 0 unspecified atom stereocenters. The van der Waals surface area contributed by atoms with Crippen LogP contribution in [-0.4, -0.2) is 41.0 Å². The fraction of sp³-hybridized carbons (Fsp3) is 0.120. The molecule has 178 valence electrons. The number of nitrogens with one attached hydrogen (secondary N) is 1. The Labute approximate surface area is 209 Å². The molecule has 1 heterocycles. The van der Waals surface area contributed by atoms with Crippen LogP contribution in [0.15, 0.2) is 76.2 Å². The maximum Gasteiger partial charge on any atom is 0.335 e. The number of amides is 1. The summed E-state index contributed by atoms with van der Waals surface area (Å²) in [5, 5.41) is 13.1. The van der Waals surface area contributed by atoms with Crippen LogP contribution < -0.4 is 14.9 Å². The Bertz CT molecular complexity index is 1340. The van der Waals surface area contributed by atoms with E-state index in [2.05, 4.69) is 15.5 Å². The van der Waals surface area contributed by atoms with Crippen LogP contribution in [0.3, 0.4) is 0 Å². The predicted molar refractivity (Wildman–Crippen MR) is 137 cm³/mol. The van der Waals surface area contributed by atoms with Gasteiger partial charge >= 0.3 is 5.97 Å². The summed E-state index contributed by atoms with van der Waals surface area (Å²) in [5.74, 6) is -0.0890. The zero-order valence-corrected chi connectivity index (χ0v) is 20.3. The molecule has 1 aromatic heterocycles. The maximum absolute atomic E-state index is 12.2. The van der Waals surface area contributed by atoms with Gasteiger partial charge in [-0.25, -0.2) is 15.2 Å². The first-order chi connectivity index (χ1) is 17.0. The Balaban J connectivity index is 1.36. The molecular weight excluding hydrogens is 486 g/mol. The van der Waals surface area contributed by atoms with Gasteiger partial charge in [0.05, 0.1) is 34.9 Å². The van der Waals surface area contributed by atoms with E-state index in [9.17, 15) is 9.59 Å². The van der Waals surface area contributed by atoms with Crippen molar-refractivity contribution in [1.29, 1.82) is 0 Å². The number of carboxylic acids is 1. The van der Waals surface area contributed by atoms with Gasteiger partial charge in [-0.05, 0) is 42.0 Å². The van der Waals surface area contributed by atoms with Gasteiger partial charge in [0.1, 0.15) is 6.61 Å². The average molecular weight is 508 g/mol. The highest BCUT2D eigenvalue weighted by molar-refractivity contribution is 8.01. The molecule has 10 heteroatoms. The highest BCUT2D eigenvalue weighted by atomic mass is 32.2. The number of hydrogen-bond acceptors (Lipinski definition) is 8. The minimum Gasteiger partial charge on any atom is -0.493 e. The van der Waals surface area contributed by atoms with Crippen LogP contribution in [0.25, 0.3) is 10.2 Å². The van der Waals surface area contributed by atoms with E-state index in [1.807, 2.05) is 24.3 Å². The molecule has 2 N–H and O–H groups in total. The normalized spacial score (nSPS) is 11.0. The van der Waals surface area contributed by atoms with Gasteiger partial charge in [-0.3, -0.25) is 4.79 Å². The van der Waals surface area contributed by atoms with E-state index in [1.54, 1.807) is 41.7 Å². The largest absolute Gasteiger partial charge is 0.493 e. The monoisotopic (exact) mass is 507 g/mol. The van der Waals surface area contributed by atoms with Gasteiger partial charge in [0.2, 0.25) is 0 Å². The van der Waals surface area contributed by atoms with Gasteiger partial charge in [-0.2, -0.15) is 5.10 Å². The molecule has 0 aliphatic rings. The van der Waals surface area contributed by atoms with Gasteiger partial charge < -0.3 is 14.6 Å². The average Bonchev–Trinajstić information content (AvgIpc) is 3.30. The smallest absolute Gasteiger partial charge is 0.335 e. The fourth-order valence-corrected chi connectivity index (χ4v) is 4.96. The zero-order chi connectivity index (χ0) is 24.6. The highest BCUT2D eigenvalue weighted by Gasteiger charge is 2.11. The molecule has 35 heavy (non-hydrogen) atoms. The van der Waals surface area contributed by atoms with Crippen molar-refractivity contribution >= 4 is 51.4 Å². The number of benzene rings is 3. The number of rotatable bonds is 10. The molecule has 0 saturated heterocycles. The van der Waals surface area contributed by atoms with E-state index >= 15 is 0 Å². The Morgan fingerprint density at radius 2 is 1.91 bits per heavy atom. The van der Waals surface area contributed by atoms with Gasteiger partial charge in [0.25, 0.3) is 5.91 Å². The first kappa shape index (κ1) is 24.2. The molecule has 3 aromatic carbocycles. The molecular formula is C25H21N3O5S2. The lowest BCUT2D eigenvalue weighted by Crippen LogP contribution is -2.19. The standard InChI is InChI=1S/C25H21N3O5S2/c1-32-20-7-4-5-18(23(20)33-14-16-9-11-17(12-10-16)24(30)31)13-26-28-22(29)15-34-25-27-19-6-2-3-8-21(19)35-25/h2-13H,14-15H2,1H3,(H,28,29)(H,30,31)/b26-13+. The van der Waals surface area contributed by atoms with Crippen molar-refractivity contribution in [3.8, 4) is 11.5 Å². The lowest BCUT2D eigenvalue weighted by Gasteiger charge is -2.13. The minimum absolute atomic E-state index is 0.185. The molecule has 8 nitrogen and oxygen atoms in total. The summed E-state index contributed by atoms with van der Waals surface area (Å²) in [6.07, 6.45) is 1.49. The van der Waals surface area contributed by atoms with Crippen molar-refractivity contribution in [2.45, 2.75) is 10.9 Å². The zero-order valence-electron chi connectivity index (χ0n) is 18.6. The number of fused-ring (bicyclic) bond motifs is 1. The Hall–Kier alpha value is -3.89. The Morgan fingerprint density at radius 3 is 2.66 bits per heavy atom. The summed E-state index contributed by atoms with van der Waals surface area (Å²) >= 11 is 2.90. The van der Waals surface area contributed by atoms with Crippen LogP contribution in [0, 0.1) is 0 Å². The summed E-state index contributed by atoms with van der Waals surface area (Å²) < 4.78 is 13.3. The fourth-order valence-electron chi connectivity index (χ4n) is 3.09. The molecule has 4 aromatic rings. The van der Waals surface area contributed by atoms with Crippen LogP contribution >= 0.6 is 23.1 Å². The van der Waals surface area contributed by atoms with E-state index < -0.39 is 5.97 Å². The van der Waals surface area contributed by atoms with Gasteiger partial charge in [-0.1, -0.05) is 42.1 Å². The second-order valence-corrected chi connectivity index (χ2v) is 9.45. The molecule has 1 amide bonds. The predicted octanol–water partition coefficient (Wildman–Crippen LogP) is 4.82. The number of ether oxygens (including phenoxy) is 2. The van der Waals surface area contributed by atoms with Crippen LogP contribution in [0.4, 0.5) is 0 Å². The van der Waals surface area contributed by atoms with Crippen LogP contribution in [0.2, 0.25) is 0 Å². The van der Waals surface area contributed by atoms with Crippen LogP contribution in [-0.2, 0) is 11.4 Å². The number of carboxylic acid groups (broad SMARTS) is 1. The third-order valence-electron chi connectivity index (χ3n) is 4.81. The SMILES string of the molecule is COc1cccc(/C=N/NC(=O)CSc2nc3ccccc3s2)c1OCc1ccc(C(=O)O)cc1. The quantitative estimate of drug-likeness (QED) is 0.180. The van der Waals surface area contributed by atoms with Crippen molar-refractivity contribution in [3.63, 3.8) is 0 Å². The Kier molecular flexibility index (Phi) is 7.96. The van der Waals surface area contributed by atoms with Crippen molar-refractivity contribution in [2.75, 3.05) is 12.9 Å². The molecule has 0 atom stereocenters. The molecule has 0 aliphatic carbocycles. The second kappa shape index (κ2) is 11.5. The van der Waals surface area contributed by atoms with Gasteiger partial charge in [-0.15, -0.1) is 11.3 Å². The lowest BCUT2D eigenvalue weighted by atomic mass is 10.1. The third kappa shape index (κ3) is 6.37. The van der Waals surface area contributed by atoms with E-state index in [-0.39, 0.29) is 23.8 Å². The number of carbonyl (C=O) groups is 2. The number of carbonyl (C=O) groups excluding carboxylic acids is 1. The maximum atomic E-state index is 12.2. The summed E-state index contributed by atoms with van der Waals surface area (Å²) in [5.41, 5.74) is 5.06. The molecule has 0 radical (unpaired) electrons. The minimum atomic E-state index is -0.985. The number of aromatic nitrogens is 1.